The highest BCUT2D eigenvalue weighted by molar-refractivity contribution is 5.95. The molecule has 9 heteroatoms. The number of rotatable bonds is 3. The molecule has 1 aliphatic rings. The number of nitrogens with one attached hydrogen (secondary N) is 1. The van der Waals surface area contributed by atoms with Gasteiger partial charge in [0.15, 0.2) is 0 Å². The van der Waals surface area contributed by atoms with E-state index in [1.807, 2.05) is 4.90 Å². The van der Waals surface area contributed by atoms with Crippen LogP contribution >= 0.6 is 0 Å². The SMILES string of the molecule is CC(=O)Nc1ccc(C(=O)N2CCN(c3cc(=O)n(C)c(=O)n3C)CC2)cc1. The highest BCUT2D eigenvalue weighted by atomic mass is 16.2. The van der Waals surface area contributed by atoms with Crippen LogP contribution in [-0.4, -0.2) is 52.0 Å². The Morgan fingerprint density at radius 1 is 0.929 bits per heavy atom. The van der Waals surface area contributed by atoms with Crippen LogP contribution in [0, 0.1) is 0 Å². The number of aromatic nitrogens is 2. The van der Waals surface area contributed by atoms with E-state index in [1.54, 1.807) is 36.2 Å². The number of hydrogen-bond acceptors (Lipinski definition) is 5. The first kappa shape index (κ1) is 19.4. The van der Waals surface area contributed by atoms with Crippen molar-refractivity contribution in [3.8, 4) is 0 Å². The fraction of sp³-hybridized carbons (Fsp3) is 0.368. The summed E-state index contributed by atoms with van der Waals surface area (Å²) in [5.74, 6) is 0.298. The first-order valence-corrected chi connectivity index (χ1v) is 8.97. The van der Waals surface area contributed by atoms with E-state index in [0.717, 1.165) is 4.57 Å². The second kappa shape index (κ2) is 7.71. The average Bonchev–Trinajstić information content (AvgIpc) is 2.69. The summed E-state index contributed by atoms with van der Waals surface area (Å²) in [7, 11) is 3.08. The topological polar surface area (TPSA) is 96.7 Å². The van der Waals surface area contributed by atoms with E-state index in [9.17, 15) is 19.2 Å². The largest absolute Gasteiger partial charge is 0.354 e. The molecule has 28 heavy (non-hydrogen) atoms. The van der Waals surface area contributed by atoms with Crippen molar-refractivity contribution in [1.29, 1.82) is 0 Å². The van der Waals surface area contributed by atoms with Gasteiger partial charge < -0.3 is 15.1 Å². The Morgan fingerprint density at radius 3 is 2.11 bits per heavy atom. The van der Waals surface area contributed by atoms with Crippen LogP contribution in [0.3, 0.4) is 0 Å². The smallest absolute Gasteiger partial charge is 0.332 e. The molecule has 1 saturated heterocycles. The van der Waals surface area contributed by atoms with Crippen LogP contribution in [0.5, 0.6) is 0 Å². The van der Waals surface area contributed by atoms with Gasteiger partial charge in [-0.3, -0.25) is 23.5 Å². The molecule has 9 nitrogen and oxygen atoms in total. The molecule has 1 aromatic heterocycles. The third-order valence-corrected chi connectivity index (χ3v) is 4.84. The van der Waals surface area contributed by atoms with Crippen molar-refractivity contribution >= 4 is 23.3 Å². The number of amides is 2. The van der Waals surface area contributed by atoms with Crippen LogP contribution in [0.25, 0.3) is 0 Å². The molecular weight excluding hydrogens is 362 g/mol. The second-order valence-corrected chi connectivity index (χ2v) is 6.78. The molecule has 1 N–H and O–H groups in total. The summed E-state index contributed by atoms with van der Waals surface area (Å²) in [4.78, 5) is 51.5. The van der Waals surface area contributed by atoms with Crippen LogP contribution in [0.4, 0.5) is 11.5 Å². The van der Waals surface area contributed by atoms with Crippen molar-refractivity contribution in [3.63, 3.8) is 0 Å². The zero-order chi connectivity index (χ0) is 20.4. The fourth-order valence-corrected chi connectivity index (χ4v) is 3.25. The molecule has 148 valence electrons. The van der Waals surface area contributed by atoms with Crippen LogP contribution in [0.1, 0.15) is 17.3 Å². The summed E-state index contributed by atoms with van der Waals surface area (Å²) in [5.41, 5.74) is 0.458. The Hall–Kier alpha value is -3.36. The standard InChI is InChI=1S/C19H23N5O4/c1-13(25)20-15-6-4-14(5-7-15)18(27)24-10-8-23(9-11-24)16-12-17(26)22(3)19(28)21(16)2/h4-7,12H,8-11H2,1-3H3,(H,20,25). The van der Waals surface area contributed by atoms with E-state index in [0.29, 0.717) is 43.2 Å². The summed E-state index contributed by atoms with van der Waals surface area (Å²) < 4.78 is 2.51. The molecule has 0 unspecified atom stereocenters. The maximum atomic E-state index is 12.7. The Kier molecular flexibility index (Phi) is 5.34. The molecule has 0 bridgehead atoms. The van der Waals surface area contributed by atoms with E-state index in [-0.39, 0.29) is 23.1 Å². The predicted octanol–water partition coefficient (Wildman–Crippen LogP) is 0.00480. The summed E-state index contributed by atoms with van der Waals surface area (Å²) >= 11 is 0. The zero-order valence-corrected chi connectivity index (χ0v) is 16.1. The lowest BCUT2D eigenvalue weighted by molar-refractivity contribution is -0.114. The molecular formula is C19H23N5O4. The highest BCUT2D eigenvalue weighted by Gasteiger charge is 2.24. The van der Waals surface area contributed by atoms with Gasteiger partial charge in [-0.25, -0.2) is 4.79 Å². The summed E-state index contributed by atoms with van der Waals surface area (Å²) in [6.07, 6.45) is 0. The highest BCUT2D eigenvalue weighted by Crippen LogP contribution is 2.16. The minimum Gasteiger partial charge on any atom is -0.354 e. The number of carbonyl (C=O) groups is 2. The first-order valence-electron chi connectivity index (χ1n) is 8.97. The first-order chi connectivity index (χ1) is 13.3. The van der Waals surface area contributed by atoms with E-state index in [2.05, 4.69) is 5.32 Å². The van der Waals surface area contributed by atoms with E-state index < -0.39 is 0 Å². The molecule has 3 rings (SSSR count). The van der Waals surface area contributed by atoms with Crippen molar-refractivity contribution in [2.45, 2.75) is 6.92 Å². The molecule has 1 aliphatic heterocycles. The zero-order valence-electron chi connectivity index (χ0n) is 16.1. The number of carbonyl (C=O) groups excluding carboxylic acids is 2. The van der Waals surface area contributed by atoms with Gasteiger partial charge in [0, 0.05) is 64.5 Å². The molecule has 2 aromatic rings. The summed E-state index contributed by atoms with van der Waals surface area (Å²) in [6, 6.07) is 8.20. The molecule has 2 amide bonds. The van der Waals surface area contributed by atoms with Crippen LogP contribution in [-0.2, 0) is 18.9 Å². The average molecular weight is 385 g/mol. The fourth-order valence-electron chi connectivity index (χ4n) is 3.25. The van der Waals surface area contributed by atoms with Gasteiger partial charge in [0.05, 0.1) is 0 Å². The Balaban J connectivity index is 1.69. The molecule has 0 atom stereocenters. The van der Waals surface area contributed by atoms with Gasteiger partial charge in [-0.1, -0.05) is 0 Å². The molecule has 2 heterocycles. The maximum absolute atomic E-state index is 12.7. The van der Waals surface area contributed by atoms with Crippen LogP contribution in [0.15, 0.2) is 39.9 Å². The lowest BCUT2D eigenvalue weighted by Gasteiger charge is -2.36. The molecule has 0 aliphatic carbocycles. The van der Waals surface area contributed by atoms with Crippen molar-refractivity contribution in [2.24, 2.45) is 14.1 Å². The minimum atomic E-state index is -0.375. The molecule has 0 saturated carbocycles. The number of piperazine rings is 1. The Morgan fingerprint density at radius 2 is 1.54 bits per heavy atom. The van der Waals surface area contributed by atoms with Gasteiger partial charge in [-0.05, 0) is 24.3 Å². The van der Waals surface area contributed by atoms with Crippen LogP contribution < -0.4 is 21.5 Å². The lowest BCUT2D eigenvalue weighted by atomic mass is 10.1. The maximum Gasteiger partial charge on any atom is 0.332 e. The molecule has 0 radical (unpaired) electrons. The van der Waals surface area contributed by atoms with Crippen molar-refractivity contribution < 1.29 is 9.59 Å². The quantitative estimate of drug-likeness (QED) is 0.803. The van der Waals surface area contributed by atoms with Gasteiger partial charge in [-0.2, -0.15) is 0 Å². The molecule has 1 aromatic carbocycles. The van der Waals surface area contributed by atoms with Gasteiger partial charge in [0.2, 0.25) is 5.91 Å². The minimum absolute atomic E-state index is 0.0908. The third-order valence-electron chi connectivity index (χ3n) is 4.84. The molecule has 0 spiro atoms. The Labute approximate surface area is 161 Å². The van der Waals surface area contributed by atoms with Gasteiger partial charge >= 0.3 is 5.69 Å². The Bertz CT molecular complexity index is 1010. The lowest BCUT2D eigenvalue weighted by Crippen LogP contribution is -2.51. The van der Waals surface area contributed by atoms with Gasteiger partial charge in [-0.15, -0.1) is 0 Å². The van der Waals surface area contributed by atoms with E-state index >= 15 is 0 Å². The summed E-state index contributed by atoms with van der Waals surface area (Å²) in [6.45, 7) is 3.44. The van der Waals surface area contributed by atoms with Gasteiger partial charge in [0.1, 0.15) is 5.82 Å². The van der Waals surface area contributed by atoms with Crippen molar-refractivity contribution in [2.75, 3.05) is 36.4 Å². The number of nitrogens with zero attached hydrogens (tertiary/aromatic N) is 4. The molecule has 1 fully saturated rings. The number of benzene rings is 1. The van der Waals surface area contributed by atoms with E-state index in [1.165, 1.54) is 24.6 Å². The van der Waals surface area contributed by atoms with Gasteiger partial charge in [0.25, 0.3) is 11.5 Å². The number of hydrogen-bond donors (Lipinski definition) is 1. The van der Waals surface area contributed by atoms with Crippen molar-refractivity contribution in [1.82, 2.24) is 14.0 Å². The third kappa shape index (κ3) is 3.83. The number of anilines is 2. The van der Waals surface area contributed by atoms with Crippen molar-refractivity contribution in [3.05, 3.63) is 56.7 Å². The normalized spacial score (nSPS) is 14.1. The monoisotopic (exact) mass is 385 g/mol. The van der Waals surface area contributed by atoms with Crippen LogP contribution in [0.2, 0.25) is 0 Å². The summed E-state index contributed by atoms with van der Waals surface area (Å²) in [5, 5.41) is 2.67. The predicted molar refractivity (Wildman–Crippen MR) is 106 cm³/mol. The van der Waals surface area contributed by atoms with E-state index in [4.69, 9.17) is 0 Å². The second-order valence-electron chi connectivity index (χ2n) is 6.78.